The molecule has 0 unspecified atom stereocenters. The van der Waals surface area contributed by atoms with Crippen LogP contribution >= 0.6 is 0 Å². The molecule has 8 heteroatoms. The van der Waals surface area contributed by atoms with Crippen LogP contribution in [0.2, 0.25) is 0 Å². The van der Waals surface area contributed by atoms with Crippen molar-refractivity contribution in [3.63, 3.8) is 0 Å². The highest BCUT2D eigenvalue weighted by molar-refractivity contribution is 6.32. The van der Waals surface area contributed by atoms with Gasteiger partial charge in [-0.25, -0.2) is 0 Å². The van der Waals surface area contributed by atoms with E-state index in [1.54, 1.807) is 12.1 Å². The maximum absolute atomic E-state index is 13.4. The van der Waals surface area contributed by atoms with Gasteiger partial charge in [-0.15, -0.1) is 0 Å². The van der Waals surface area contributed by atoms with E-state index in [2.05, 4.69) is 0 Å². The van der Waals surface area contributed by atoms with Gasteiger partial charge in [0.05, 0.1) is 19.8 Å². The molecule has 8 nitrogen and oxygen atoms in total. The van der Waals surface area contributed by atoms with E-state index in [0.29, 0.717) is 17.7 Å². The van der Waals surface area contributed by atoms with E-state index in [1.165, 1.54) is 14.2 Å². The van der Waals surface area contributed by atoms with Gasteiger partial charge in [0.25, 0.3) is 5.91 Å². The molecule has 3 atom stereocenters. The number of carbonyl (C=O) groups is 3. The minimum Gasteiger partial charge on any atom is -0.507 e. The number of aliphatic hydroxyl groups excluding tert-OH is 1. The van der Waals surface area contributed by atoms with Crippen molar-refractivity contribution >= 4 is 23.2 Å². The van der Waals surface area contributed by atoms with Crippen molar-refractivity contribution in [3.8, 4) is 5.75 Å². The number of aliphatic hydroxyl groups is 2. The number of primary amides is 1. The van der Waals surface area contributed by atoms with Gasteiger partial charge in [-0.1, -0.05) is 12.1 Å². The number of benzene rings is 1. The Labute approximate surface area is 166 Å². The molecule has 0 aliphatic heterocycles. The molecule has 0 aromatic heterocycles. The Hall–Kier alpha value is -3.13. The second-order valence-electron chi connectivity index (χ2n) is 7.59. The second kappa shape index (κ2) is 6.45. The molecule has 152 valence electrons. The Kier molecular flexibility index (Phi) is 4.27. The third-order valence-electron chi connectivity index (χ3n) is 6.23. The Balaban J connectivity index is 1.89. The summed E-state index contributed by atoms with van der Waals surface area (Å²) in [5.41, 5.74) is 3.52. The number of allylic oxidation sites excluding steroid dienone is 1. The van der Waals surface area contributed by atoms with Gasteiger partial charge in [0.1, 0.15) is 22.8 Å². The summed E-state index contributed by atoms with van der Waals surface area (Å²) in [6.07, 6.45) is 0.744. The Morgan fingerprint density at radius 1 is 1.17 bits per heavy atom. The van der Waals surface area contributed by atoms with E-state index in [-0.39, 0.29) is 35.9 Å². The summed E-state index contributed by atoms with van der Waals surface area (Å²) in [6.45, 7) is 0. The predicted octanol–water partition coefficient (Wildman–Crippen LogP) is 0.815. The van der Waals surface area contributed by atoms with Crippen LogP contribution in [-0.4, -0.2) is 47.5 Å². The lowest BCUT2D eigenvalue weighted by Gasteiger charge is -2.45. The monoisotopic (exact) mass is 399 g/mol. The quantitative estimate of drug-likeness (QED) is 0.505. The van der Waals surface area contributed by atoms with Gasteiger partial charge >= 0.3 is 0 Å². The summed E-state index contributed by atoms with van der Waals surface area (Å²) in [7, 11) is 2.76. The van der Waals surface area contributed by atoms with Crippen LogP contribution in [0, 0.1) is 11.8 Å². The van der Waals surface area contributed by atoms with Crippen molar-refractivity contribution in [1.82, 2.24) is 0 Å². The van der Waals surface area contributed by atoms with Crippen LogP contribution in [0.3, 0.4) is 0 Å². The summed E-state index contributed by atoms with van der Waals surface area (Å²) >= 11 is 0. The van der Waals surface area contributed by atoms with Crippen molar-refractivity contribution in [2.45, 2.75) is 24.9 Å². The summed E-state index contributed by atoms with van der Waals surface area (Å²) in [6, 6.07) is 5.30. The summed E-state index contributed by atoms with van der Waals surface area (Å²) in [4.78, 5) is 38.2. The predicted molar refractivity (Wildman–Crippen MR) is 101 cm³/mol. The number of ketones is 2. The summed E-state index contributed by atoms with van der Waals surface area (Å²) in [5, 5.41) is 22.1. The van der Waals surface area contributed by atoms with Crippen molar-refractivity contribution in [3.05, 3.63) is 46.2 Å². The van der Waals surface area contributed by atoms with Gasteiger partial charge in [0, 0.05) is 17.9 Å². The van der Waals surface area contributed by atoms with Gasteiger partial charge in [-0.2, -0.15) is 0 Å². The zero-order valence-electron chi connectivity index (χ0n) is 16.0. The number of hydrogen-bond acceptors (Lipinski definition) is 7. The molecule has 0 spiro atoms. The van der Waals surface area contributed by atoms with Crippen LogP contribution < -0.4 is 10.5 Å². The number of fused-ring (bicyclic) bond motifs is 3. The largest absolute Gasteiger partial charge is 0.507 e. The SMILES string of the molecule is COC1=C(C(N)=O)C(=O)[C@@]2(O)C(=O)C3=C(O)c4c(cccc4OC)C[C@H]3C[C@H]2C1. The lowest BCUT2D eigenvalue weighted by Crippen LogP contribution is -2.61. The van der Waals surface area contributed by atoms with E-state index in [4.69, 9.17) is 15.2 Å². The fourth-order valence-electron chi connectivity index (χ4n) is 4.88. The van der Waals surface area contributed by atoms with Crippen molar-refractivity contribution in [1.29, 1.82) is 0 Å². The minimum atomic E-state index is -2.47. The maximum atomic E-state index is 13.4. The van der Waals surface area contributed by atoms with Crippen molar-refractivity contribution < 1.29 is 34.1 Å². The Morgan fingerprint density at radius 2 is 1.90 bits per heavy atom. The molecule has 1 saturated carbocycles. The first-order valence-electron chi connectivity index (χ1n) is 9.23. The van der Waals surface area contributed by atoms with E-state index < -0.39 is 34.6 Å². The van der Waals surface area contributed by atoms with Gasteiger partial charge in [0.2, 0.25) is 11.6 Å². The zero-order valence-corrected chi connectivity index (χ0v) is 16.0. The Morgan fingerprint density at radius 3 is 2.52 bits per heavy atom. The molecule has 1 aromatic carbocycles. The molecule has 3 aliphatic carbocycles. The van der Waals surface area contributed by atoms with Gasteiger partial charge in [-0.3, -0.25) is 14.4 Å². The molecule has 4 rings (SSSR count). The molecule has 0 bridgehead atoms. The van der Waals surface area contributed by atoms with Crippen LogP contribution in [-0.2, 0) is 25.5 Å². The summed E-state index contributed by atoms with van der Waals surface area (Å²) in [5.74, 6) is -4.05. The molecular weight excluding hydrogens is 378 g/mol. The third kappa shape index (κ3) is 2.45. The van der Waals surface area contributed by atoms with Crippen molar-refractivity contribution in [2.24, 2.45) is 17.6 Å². The van der Waals surface area contributed by atoms with Gasteiger partial charge in [0.15, 0.2) is 5.60 Å². The minimum absolute atomic E-state index is 0.0150. The number of rotatable bonds is 3. The average molecular weight is 399 g/mol. The molecule has 3 aliphatic rings. The molecular formula is C21H21NO7. The number of hydrogen-bond donors (Lipinski definition) is 3. The first kappa shape index (κ1) is 19.2. The van der Waals surface area contributed by atoms with Crippen LogP contribution in [0.15, 0.2) is 35.1 Å². The van der Waals surface area contributed by atoms with Crippen LogP contribution in [0.4, 0.5) is 0 Å². The van der Waals surface area contributed by atoms with E-state index in [1.807, 2.05) is 6.07 Å². The first-order chi connectivity index (χ1) is 13.7. The number of amides is 1. The number of methoxy groups -OCH3 is 2. The molecule has 1 aromatic rings. The standard InChI is InChI=1S/C21H21NO7/c1-28-12-5-3-4-9-6-10-7-11-8-13(29-2)16(20(22)26)19(25)21(11,27)18(24)15(10)17(23)14(9)12/h3-5,10-11,23,27H,6-8H2,1-2H3,(H2,22,26)/t10-,11-,21-/m0/s1. The topological polar surface area (TPSA) is 136 Å². The molecule has 0 radical (unpaired) electrons. The normalized spacial score (nSPS) is 28.5. The number of nitrogens with two attached hydrogens (primary N) is 1. The van der Waals surface area contributed by atoms with Crippen LogP contribution in [0.1, 0.15) is 24.0 Å². The highest BCUT2D eigenvalue weighted by Gasteiger charge is 2.61. The lowest BCUT2D eigenvalue weighted by molar-refractivity contribution is -0.158. The fraction of sp³-hybridized carbons (Fsp3) is 0.381. The molecule has 29 heavy (non-hydrogen) atoms. The molecule has 0 heterocycles. The third-order valence-corrected chi connectivity index (χ3v) is 6.23. The number of Topliss-reactive ketones (excluding diaryl/α,β-unsaturated/α-hetero) is 2. The molecule has 1 amide bonds. The smallest absolute Gasteiger partial charge is 0.255 e. The van der Waals surface area contributed by atoms with Crippen LogP contribution in [0.5, 0.6) is 5.75 Å². The summed E-state index contributed by atoms with van der Waals surface area (Å²) < 4.78 is 10.5. The van der Waals surface area contributed by atoms with Crippen molar-refractivity contribution in [2.75, 3.05) is 14.2 Å². The molecule has 0 saturated heterocycles. The molecule has 4 N–H and O–H groups in total. The highest BCUT2D eigenvalue weighted by Crippen LogP contribution is 2.51. The van der Waals surface area contributed by atoms with E-state index in [0.717, 1.165) is 5.56 Å². The fourth-order valence-corrected chi connectivity index (χ4v) is 4.88. The maximum Gasteiger partial charge on any atom is 0.255 e. The van der Waals surface area contributed by atoms with Crippen LogP contribution in [0.25, 0.3) is 5.76 Å². The van der Waals surface area contributed by atoms with E-state index >= 15 is 0 Å². The molecule has 1 fully saturated rings. The van der Waals surface area contributed by atoms with Gasteiger partial charge in [-0.05, 0) is 30.4 Å². The first-order valence-corrected chi connectivity index (χ1v) is 9.23. The number of ether oxygens (including phenoxy) is 2. The number of carbonyl (C=O) groups excluding carboxylic acids is 3. The Bertz CT molecular complexity index is 1020. The second-order valence-corrected chi connectivity index (χ2v) is 7.59. The van der Waals surface area contributed by atoms with E-state index in [9.17, 15) is 24.6 Å². The van der Waals surface area contributed by atoms with Gasteiger partial charge < -0.3 is 25.4 Å². The average Bonchev–Trinajstić information content (AvgIpc) is 2.69. The lowest BCUT2D eigenvalue weighted by atomic mass is 9.58. The zero-order chi connectivity index (χ0) is 21.1. The highest BCUT2D eigenvalue weighted by atomic mass is 16.5.